The molecule has 0 aromatic rings. The molecule has 0 spiro atoms. The van der Waals surface area contributed by atoms with Gasteiger partial charge in [0.1, 0.15) is 0 Å². The summed E-state index contributed by atoms with van der Waals surface area (Å²) in [4.78, 5) is 2.41. The lowest BCUT2D eigenvalue weighted by atomic mass is 10.0. The minimum Gasteiger partial charge on any atom is -0.351 e. The largest absolute Gasteiger partial charge is 0.351 e. The van der Waals surface area contributed by atoms with Crippen molar-refractivity contribution in [2.45, 2.75) is 12.2 Å². The van der Waals surface area contributed by atoms with Crippen molar-refractivity contribution < 1.29 is 9.47 Å². The van der Waals surface area contributed by atoms with Crippen molar-refractivity contribution in [3.8, 4) is 0 Å². The van der Waals surface area contributed by atoms with Gasteiger partial charge in [-0.1, -0.05) is 0 Å². The molecule has 4 heteroatoms. The molecule has 2 saturated heterocycles. The second kappa shape index (κ2) is 4.14. The number of hydrogen-bond donors (Lipinski definition) is 1. The number of hydrogen-bond acceptors (Lipinski definition) is 4. The lowest BCUT2D eigenvalue weighted by Gasteiger charge is -2.48. The summed E-state index contributed by atoms with van der Waals surface area (Å²) in [6.45, 7) is 5.36. The normalized spacial score (nSPS) is 31.7. The van der Waals surface area contributed by atoms with Crippen LogP contribution < -0.4 is 5.32 Å². The lowest BCUT2D eigenvalue weighted by molar-refractivity contribution is -0.276. The summed E-state index contributed by atoms with van der Waals surface area (Å²) < 4.78 is 10.7. The van der Waals surface area contributed by atoms with Crippen LogP contribution >= 0.6 is 0 Å². The Bertz CT molecular complexity index is 178. The summed E-state index contributed by atoms with van der Waals surface area (Å²) in [6, 6.07) is 0. The third kappa shape index (κ3) is 1.93. The summed E-state index contributed by atoms with van der Waals surface area (Å²) in [5.41, 5.74) is 0. The van der Waals surface area contributed by atoms with Gasteiger partial charge in [-0.25, -0.2) is 0 Å². The summed E-state index contributed by atoms with van der Waals surface area (Å²) >= 11 is 0. The van der Waals surface area contributed by atoms with Crippen molar-refractivity contribution in [2.75, 3.05) is 46.9 Å². The van der Waals surface area contributed by atoms with Gasteiger partial charge in [0.15, 0.2) is 5.79 Å². The van der Waals surface area contributed by atoms with E-state index in [-0.39, 0.29) is 5.79 Å². The molecule has 1 N–H and O–H groups in total. The predicted octanol–water partition coefficient (Wildman–Crippen LogP) is -0.0994. The molecule has 82 valence electrons. The smallest absolute Gasteiger partial charge is 0.193 e. The van der Waals surface area contributed by atoms with Crippen molar-refractivity contribution in [1.82, 2.24) is 10.2 Å². The number of nitrogens with zero attached hydrogens (tertiary/aromatic N) is 1. The van der Waals surface area contributed by atoms with E-state index < -0.39 is 0 Å². The van der Waals surface area contributed by atoms with Crippen LogP contribution in [0.25, 0.3) is 0 Å². The van der Waals surface area contributed by atoms with Crippen LogP contribution in [0, 0.1) is 5.92 Å². The van der Waals surface area contributed by atoms with Crippen LogP contribution in [-0.2, 0) is 9.47 Å². The zero-order chi connectivity index (χ0) is 10.0. The molecule has 0 saturated carbocycles. The van der Waals surface area contributed by atoms with Crippen LogP contribution in [0.5, 0.6) is 0 Å². The van der Waals surface area contributed by atoms with E-state index in [1.807, 2.05) is 0 Å². The van der Waals surface area contributed by atoms with Gasteiger partial charge < -0.3 is 14.8 Å². The van der Waals surface area contributed by atoms with Gasteiger partial charge in [-0.05, 0) is 25.4 Å². The van der Waals surface area contributed by atoms with E-state index in [2.05, 4.69) is 10.2 Å². The maximum Gasteiger partial charge on any atom is 0.193 e. The number of likely N-dealkylation sites (tertiary alicyclic amines) is 1. The van der Waals surface area contributed by atoms with E-state index in [0.29, 0.717) is 0 Å². The van der Waals surface area contributed by atoms with Crippen molar-refractivity contribution in [2.24, 2.45) is 5.92 Å². The monoisotopic (exact) mass is 200 g/mol. The van der Waals surface area contributed by atoms with Gasteiger partial charge in [-0.2, -0.15) is 0 Å². The Morgan fingerprint density at radius 3 is 2.57 bits per heavy atom. The number of methoxy groups -OCH3 is 2. The highest BCUT2D eigenvalue weighted by Gasteiger charge is 2.44. The van der Waals surface area contributed by atoms with Crippen LogP contribution in [0.4, 0.5) is 0 Å². The van der Waals surface area contributed by atoms with E-state index in [1.54, 1.807) is 14.2 Å². The number of rotatable bonds is 4. The van der Waals surface area contributed by atoms with Crippen LogP contribution in [-0.4, -0.2) is 57.6 Å². The number of ether oxygens (including phenoxy) is 2. The SMILES string of the molecule is COC1(OC)CN(CC2CCNC2)C1. The average Bonchev–Trinajstić information content (AvgIpc) is 2.63. The zero-order valence-corrected chi connectivity index (χ0v) is 9.08. The van der Waals surface area contributed by atoms with E-state index in [9.17, 15) is 0 Å². The molecule has 2 aliphatic rings. The quantitative estimate of drug-likeness (QED) is 0.643. The average molecular weight is 200 g/mol. The molecule has 1 unspecified atom stereocenters. The first kappa shape index (κ1) is 10.4. The van der Waals surface area contributed by atoms with Crippen molar-refractivity contribution in [1.29, 1.82) is 0 Å². The highest BCUT2D eigenvalue weighted by molar-refractivity contribution is 4.91. The number of nitrogens with one attached hydrogen (secondary N) is 1. The molecular weight excluding hydrogens is 180 g/mol. The first-order chi connectivity index (χ1) is 6.78. The first-order valence-electron chi connectivity index (χ1n) is 5.31. The Morgan fingerprint density at radius 1 is 1.36 bits per heavy atom. The fourth-order valence-corrected chi connectivity index (χ4v) is 2.34. The van der Waals surface area contributed by atoms with Gasteiger partial charge in [-0.15, -0.1) is 0 Å². The van der Waals surface area contributed by atoms with Gasteiger partial charge in [0.25, 0.3) is 0 Å². The lowest BCUT2D eigenvalue weighted by Crippen LogP contribution is -2.64. The molecule has 2 fully saturated rings. The van der Waals surface area contributed by atoms with Crippen LogP contribution in [0.3, 0.4) is 0 Å². The topological polar surface area (TPSA) is 33.7 Å². The second-order valence-corrected chi connectivity index (χ2v) is 4.35. The van der Waals surface area contributed by atoms with Crippen LogP contribution in [0.1, 0.15) is 6.42 Å². The van der Waals surface area contributed by atoms with Gasteiger partial charge in [-0.3, -0.25) is 4.90 Å². The molecule has 0 bridgehead atoms. The second-order valence-electron chi connectivity index (χ2n) is 4.35. The molecule has 2 aliphatic heterocycles. The highest BCUT2D eigenvalue weighted by Crippen LogP contribution is 2.26. The minimum absolute atomic E-state index is 0.313. The van der Waals surface area contributed by atoms with E-state index in [4.69, 9.17) is 9.47 Å². The molecule has 0 radical (unpaired) electrons. The molecule has 0 aromatic carbocycles. The summed E-state index contributed by atoms with van der Waals surface area (Å²) in [5, 5.41) is 3.39. The van der Waals surface area contributed by atoms with Crippen molar-refractivity contribution in [3.05, 3.63) is 0 Å². The molecule has 2 heterocycles. The van der Waals surface area contributed by atoms with E-state index in [1.165, 1.54) is 26.1 Å². The Morgan fingerprint density at radius 2 is 2.07 bits per heavy atom. The third-order valence-corrected chi connectivity index (χ3v) is 3.35. The predicted molar refractivity (Wildman–Crippen MR) is 54.2 cm³/mol. The minimum atomic E-state index is -0.313. The molecule has 4 nitrogen and oxygen atoms in total. The van der Waals surface area contributed by atoms with Crippen LogP contribution in [0.15, 0.2) is 0 Å². The molecule has 1 atom stereocenters. The zero-order valence-electron chi connectivity index (χ0n) is 9.08. The highest BCUT2D eigenvalue weighted by atomic mass is 16.7. The van der Waals surface area contributed by atoms with Crippen molar-refractivity contribution >= 4 is 0 Å². The fraction of sp³-hybridized carbons (Fsp3) is 1.00. The first-order valence-corrected chi connectivity index (χ1v) is 5.31. The standard InChI is InChI=1S/C10H20N2O2/c1-13-10(14-2)7-12(8-10)6-9-3-4-11-5-9/h9,11H,3-8H2,1-2H3. The molecule has 2 rings (SSSR count). The van der Waals surface area contributed by atoms with Gasteiger partial charge >= 0.3 is 0 Å². The molecule has 14 heavy (non-hydrogen) atoms. The van der Waals surface area contributed by atoms with Gasteiger partial charge in [0.05, 0.1) is 13.1 Å². The van der Waals surface area contributed by atoms with Gasteiger partial charge in [0, 0.05) is 20.8 Å². The maximum absolute atomic E-state index is 5.34. The Balaban J connectivity index is 1.71. The summed E-state index contributed by atoms with van der Waals surface area (Å²) in [6.07, 6.45) is 1.31. The van der Waals surface area contributed by atoms with Gasteiger partial charge in [0.2, 0.25) is 0 Å². The van der Waals surface area contributed by atoms with Crippen molar-refractivity contribution in [3.63, 3.8) is 0 Å². The summed E-state index contributed by atoms with van der Waals surface area (Å²) in [7, 11) is 3.44. The summed E-state index contributed by atoms with van der Waals surface area (Å²) in [5.74, 6) is 0.508. The maximum atomic E-state index is 5.34. The fourth-order valence-electron chi connectivity index (χ4n) is 2.34. The molecule has 0 amide bonds. The van der Waals surface area contributed by atoms with E-state index >= 15 is 0 Å². The third-order valence-electron chi connectivity index (χ3n) is 3.35. The molecular formula is C10H20N2O2. The van der Waals surface area contributed by atoms with Crippen LogP contribution in [0.2, 0.25) is 0 Å². The molecule has 0 aromatic heterocycles. The Hall–Kier alpha value is -0.160. The van der Waals surface area contributed by atoms with E-state index in [0.717, 1.165) is 19.0 Å². The Labute approximate surface area is 85.5 Å². The molecule has 0 aliphatic carbocycles. The Kier molecular flexibility index (Phi) is 3.07.